The summed E-state index contributed by atoms with van der Waals surface area (Å²) in [5, 5.41) is 0. The number of nitrogens with two attached hydrogens (primary N) is 1. The standard InChI is InChI=1S/C22H27N2O2S/c1-3-27(25,26)24(15-7-8-19(16-23)17-24)22-13-11-21(12-14-22)18(2)20-9-5-4-6-10-20/h4-14,17-18H,3,15-16,23H2,1-2H3/q+1. The van der Waals surface area contributed by atoms with E-state index in [2.05, 4.69) is 19.1 Å². The molecule has 4 nitrogen and oxygen atoms in total. The maximum Gasteiger partial charge on any atom is 0.306 e. The van der Waals surface area contributed by atoms with Crippen LogP contribution in [0.4, 0.5) is 5.69 Å². The highest BCUT2D eigenvalue weighted by atomic mass is 32.2. The van der Waals surface area contributed by atoms with E-state index in [4.69, 9.17) is 5.73 Å². The number of quaternary nitrogens is 1. The normalized spacial score (nSPS) is 20.9. The molecule has 0 radical (unpaired) electrons. The van der Waals surface area contributed by atoms with E-state index < -0.39 is 10.0 Å². The van der Waals surface area contributed by atoms with Crippen LogP contribution in [-0.4, -0.2) is 27.3 Å². The summed E-state index contributed by atoms with van der Waals surface area (Å²) in [6.07, 6.45) is 5.60. The third-order valence-electron chi connectivity index (χ3n) is 5.31. The lowest BCUT2D eigenvalue weighted by molar-refractivity contribution is 0.511. The van der Waals surface area contributed by atoms with Gasteiger partial charge in [0.15, 0.2) is 5.69 Å². The van der Waals surface area contributed by atoms with Gasteiger partial charge in [-0.25, -0.2) is 0 Å². The lowest BCUT2D eigenvalue weighted by Gasteiger charge is -2.34. The lowest BCUT2D eigenvalue weighted by Crippen LogP contribution is -2.51. The van der Waals surface area contributed by atoms with Crippen LogP contribution in [0.3, 0.4) is 0 Å². The summed E-state index contributed by atoms with van der Waals surface area (Å²) in [5.41, 5.74) is 9.77. The Bertz CT molecular complexity index is 948. The Kier molecular flexibility index (Phi) is 5.65. The van der Waals surface area contributed by atoms with E-state index >= 15 is 0 Å². The molecule has 1 aliphatic rings. The Morgan fingerprint density at radius 2 is 1.67 bits per heavy atom. The van der Waals surface area contributed by atoms with Crippen molar-refractivity contribution in [2.24, 2.45) is 5.73 Å². The fourth-order valence-corrected chi connectivity index (χ4v) is 5.07. The van der Waals surface area contributed by atoms with Crippen LogP contribution < -0.4 is 9.62 Å². The fraction of sp³-hybridized carbons (Fsp3) is 0.273. The molecule has 0 saturated carbocycles. The third-order valence-corrected chi connectivity index (χ3v) is 7.50. The van der Waals surface area contributed by atoms with Gasteiger partial charge in [-0.15, -0.1) is 0 Å². The van der Waals surface area contributed by atoms with Crippen molar-refractivity contribution in [3.8, 4) is 0 Å². The Morgan fingerprint density at radius 1 is 1.04 bits per heavy atom. The molecule has 2 N–H and O–H groups in total. The fourth-order valence-electron chi connectivity index (χ4n) is 3.56. The molecule has 5 heteroatoms. The maximum atomic E-state index is 13.0. The highest BCUT2D eigenvalue weighted by molar-refractivity contribution is 7.91. The molecule has 3 rings (SSSR count). The van der Waals surface area contributed by atoms with Crippen LogP contribution in [0.15, 0.2) is 78.5 Å². The molecule has 1 aliphatic heterocycles. The van der Waals surface area contributed by atoms with Crippen molar-refractivity contribution < 1.29 is 8.42 Å². The highest BCUT2D eigenvalue weighted by Crippen LogP contribution is 2.34. The molecule has 2 aromatic rings. The monoisotopic (exact) mass is 383 g/mol. The van der Waals surface area contributed by atoms with E-state index in [1.807, 2.05) is 54.6 Å². The molecule has 0 saturated heterocycles. The van der Waals surface area contributed by atoms with Crippen molar-refractivity contribution >= 4 is 15.7 Å². The number of benzene rings is 2. The number of hydrogen-bond donors (Lipinski definition) is 1. The summed E-state index contributed by atoms with van der Waals surface area (Å²) >= 11 is 0. The van der Waals surface area contributed by atoms with E-state index in [9.17, 15) is 8.42 Å². The first-order valence-corrected chi connectivity index (χ1v) is 10.9. The molecule has 27 heavy (non-hydrogen) atoms. The number of rotatable bonds is 6. The van der Waals surface area contributed by atoms with Gasteiger partial charge in [-0.1, -0.05) is 55.5 Å². The van der Waals surface area contributed by atoms with Gasteiger partial charge in [-0.05, 0) is 24.1 Å². The molecular formula is C22H27N2O2S+. The van der Waals surface area contributed by atoms with Crippen molar-refractivity contribution in [3.05, 3.63) is 89.6 Å². The molecule has 2 aromatic carbocycles. The van der Waals surface area contributed by atoms with E-state index in [1.165, 1.54) is 5.56 Å². The van der Waals surface area contributed by atoms with Gasteiger partial charge in [-0.3, -0.25) is 0 Å². The minimum Gasteiger partial charge on any atom is -0.326 e. The van der Waals surface area contributed by atoms with Gasteiger partial charge >= 0.3 is 10.0 Å². The highest BCUT2D eigenvalue weighted by Gasteiger charge is 2.42. The van der Waals surface area contributed by atoms with E-state index in [-0.39, 0.29) is 15.6 Å². The Hall–Kier alpha value is -2.21. The van der Waals surface area contributed by atoms with Crippen molar-refractivity contribution in [2.45, 2.75) is 19.8 Å². The van der Waals surface area contributed by atoms with Crippen molar-refractivity contribution in [3.63, 3.8) is 0 Å². The first-order valence-electron chi connectivity index (χ1n) is 9.28. The van der Waals surface area contributed by atoms with Gasteiger partial charge in [0.1, 0.15) is 12.7 Å². The minimum absolute atomic E-state index is 0.0668. The van der Waals surface area contributed by atoms with Gasteiger partial charge in [0.05, 0.1) is 5.75 Å². The van der Waals surface area contributed by atoms with Crippen LogP contribution in [0.1, 0.15) is 30.9 Å². The van der Waals surface area contributed by atoms with Gasteiger partial charge in [-0.2, -0.15) is 12.3 Å². The zero-order valence-corrected chi connectivity index (χ0v) is 16.7. The number of nitrogens with zero attached hydrogens (tertiary/aromatic N) is 1. The summed E-state index contributed by atoms with van der Waals surface area (Å²) in [6, 6.07) is 18.2. The van der Waals surface area contributed by atoms with Gasteiger partial charge in [0, 0.05) is 30.2 Å². The second kappa shape index (κ2) is 7.80. The Labute approximate surface area is 162 Å². The van der Waals surface area contributed by atoms with E-state index in [1.54, 1.807) is 13.1 Å². The molecule has 0 bridgehead atoms. The average Bonchev–Trinajstić information content (AvgIpc) is 2.73. The maximum absolute atomic E-state index is 13.0. The molecule has 0 aromatic heterocycles. The predicted molar refractivity (Wildman–Crippen MR) is 113 cm³/mol. The first kappa shape index (κ1) is 19.5. The van der Waals surface area contributed by atoms with Crippen LogP contribution in [0.5, 0.6) is 0 Å². The summed E-state index contributed by atoms with van der Waals surface area (Å²) in [6.45, 7) is 4.55. The quantitative estimate of drug-likeness (QED) is 0.770. The molecule has 2 atom stereocenters. The zero-order chi connectivity index (χ0) is 19.5. The Morgan fingerprint density at radius 3 is 2.26 bits per heavy atom. The first-order chi connectivity index (χ1) is 12.9. The zero-order valence-electron chi connectivity index (χ0n) is 15.9. The van der Waals surface area contributed by atoms with Crippen molar-refractivity contribution in [1.29, 1.82) is 0 Å². The molecule has 0 fully saturated rings. The smallest absolute Gasteiger partial charge is 0.306 e. The SMILES string of the molecule is CCS(=O)(=O)[N+]1(c2ccc(C(C)c3ccccc3)cc2)C=C(CN)C=CC1. The average molecular weight is 384 g/mol. The summed E-state index contributed by atoms with van der Waals surface area (Å²) in [7, 11) is -3.41. The lowest BCUT2D eigenvalue weighted by atomic mass is 9.93. The predicted octanol–water partition coefficient (Wildman–Crippen LogP) is 3.91. The molecule has 1 heterocycles. The molecule has 0 spiro atoms. The minimum atomic E-state index is -3.41. The molecule has 0 amide bonds. The third kappa shape index (κ3) is 3.63. The largest absolute Gasteiger partial charge is 0.326 e. The van der Waals surface area contributed by atoms with Gasteiger partial charge < -0.3 is 5.73 Å². The second-order valence-corrected chi connectivity index (χ2v) is 9.28. The summed E-state index contributed by atoms with van der Waals surface area (Å²) < 4.78 is 25.9. The van der Waals surface area contributed by atoms with Gasteiger partial charge in [0.25, 0.3) is 0 Å². The van der Waals surface area contributed by atoms with Crippen LogP contribution >= 0.6 is 0 Å². The Balaban J connectivity index is 2.03. The molecule has 0 aliphatic carbocycles. The molecule has 142 valence electrons. The summed E-state index contributed by atoms with van der Waals surface area (Å²) in [4.78, 5) is 0. The number of hydrogen-bond acceptors (Lipinski definition) is 3. The molecular weight excluding hydrogens is 356 g/mol. The van der Waals surface area contributed by atoms with Crippen LogP contribution in [-0.2, 0) is 10.0 Å². The molecule has 2 unspecified atom stereocenters. The van der Waals surface area contributed by atoms with E-state index in [0.717, 1.165) is 16.8 Å². The second-order valence-electron chi connectivity index (χ2n) is 6.88. The van der Waals surface area contributed by atoms with Gasteiger partial charge in [0.2, 0.25) is 0 Å². The summed E-state index contributed by atoms with van der Waals surface area (Å²) in [5.74, 6) is 0.310. The van der Waals surface area contributed by atoms with Crippen molar-refractivity contribution in [2.75, 3.05) is 18.8 Å². The van der Waals surface area contributed by atoms with E-state index in [0.29, 0.717) is 13.1 Å². The number of sulfonamides is 1. The topological polar surface area (TPSA) is 60.2 Å². The van der Waals surface area contributed by atoms with Crippen LogP contribution in [0.2, 0.25) is 0 Å². The van der Waals surface area contributed by atoms with Crippen molar-refractivity contribution in [1.82, 2.24) is 3.89 Å². The van der Waals surface area contributed by atoms with Crippen LogP contribution in [0.25, 0.3) is 0 Å². The van der Waals surface area contributed by atoms with Crippen LogP contribution in [0, 0.1) is 0 Å².